The summed E-state index contributed by atoms with van der Waals surface area (Å²) in [5.41, 5.74) is 5.39. The molecule has 2 aromatic carbocycles. The summed E-state index contributed by atoms with van der Waals surface area (Å²) in [5.74, 6) is 2.52. The number of hydrogen-bond acceptors (Lipinski definition) is 4. The average Bonchev–Trinajstić information content (AvgIpc) is 3.43. The third-order valence-electron chi connectivity index (χ3n) is 9.61. The van der Waals surface area contributed by atoms with Gasteiger partial charge < -0.3 is 4.74 Å². The van der Waals surface area contributed by atoms with Crippen molar-refractivity contribution in [2.24, 2.45) is 11.8 Å². The molecular formula is C31H31FN2O2S. The van der Waals surface area contributed by atoms with Crippen LogP contribution in [-0.4, -0.2) is 16.7 Å². The van der Waals surface area contributed by atoms with E-state index >= 15 is 0 Å². The SMILES string of the molecule is COc1ccc2c(c1)CC[C@@H]1[C@@H]2CC[C@@]2(C)c3c(sc4ncn(CCc5ccc(F)cc5)c(=O)c34)C[C@H]12. The monoisotopic (exact) mass is 514 g/mol. The van der Waals surface area contributed by atoms with Crippen LogP contribution in [0.15, 0.2) is 53.6 Å². The highest BCUT2D eigenvalue weighted by Crippen LogP contribution is 2.62. The molecule has 0 radical (unpaired) electrons. The molecular weight excluding hydrogens is 483 g/mol. The van der Waals surface area contributed by atoms with Crippen molar-refractivity contribution in [2.75, 3.05) is 7.11 Å². The Hall–Kier alpha value is -2.99. The molecule has 4 atom stereocenters. The largest absolute Gasteiger partial charge is 0.497 e. The smallest absolute Gasteiger partial charge is 0.262 e. The Kier molecular flexibility index (Phi) is 5.33. The normalized spacial score (nSPS) is 25.9. The summed E-state index contributed by atoms with van der Waals surface area (Å²) in [4.78, 5) is 20.8. The number of benzene rings is 2. The average molecular weight is 515 g/mol. The second-order valence-electron chi connectivity index (χ2n) is 11.3. The maximum absolute atomic E-state index is 13.8. The van der Waals surface area contributed by atoms with Crippen molar-refractivity contribution in [3.8, 4) is 5.75 Å². The van der Waals surface area contributed by atoms with Crippen LogP contribution >= 0.6 is 11.3 Å². The molecule has 0 spiro atoms. The van der Waals surface area contributed by atoms with Gasteiger partial charge in [-0.25, -0.2) is 9.37 Å². The Morgan fingerprint density at radius 2 is 2.03 bits per heavy atom. The molecule has 1 saturated carbocycles. The Morgan fingerprint density at radius 1 is 1.19 bits per heavy atom. The van der Waals surface area contributed by atoms with Crippen LogP contribution < -0.4 is 10.3 Å². The molecule has 2 aromatic heterocycles. The Balaban J connectivity index is 1.22. The van der Waals surface area contributed by atoms with Crippen LogP contribution in [0.5, 0.6) is 5.75 Å². The second-order valence-corrected chi connectivity index (χ2v) is 12.4. The molecule has 1 fully saturated rings. The Labute approximate surface area is 220 Å². The zero-order valence-corrected chi connectivity index (χ0v) is 22.1. The Bertz CT molecular complexity index is 1570. The summed E-state index contributed by atoms with van der Waals surface area (Å²) in [5, 5.41) is 0.853. The van der Waals surface area contributed by atoms with E-state index in [9.17, 15) is 9.18 Å². The van der Waals surface area contributed by atoms with E-state index in [2.05, 4.69) is 25.1 Å². The van der Waals surface area contributed by atoms with E-state index in [0.717, 1.165) is 47.2 Å². The van der Waals surface area contributed by atoms with Gasteiger partial charge in [0.1, 0.15) is 16.4 Å². The summed E-state index contributed by atoms with van der Waals surface area (Å²) >= 11 is 1.74. The number of aryl methyl sites for hydroxylation is 3. The van der Waals surface area contributed by atoms with Gasteiger partial charge >= 0.3 is 0 Å². The van der Waals surface area contributed by atoms with E-state index in [-0.39, 0.29) is 16.8 Å². The summed E-state index contributed by atoms with van der Waals surface area (Å²) in [6.07, 6.45) is 8.01. The highest BCUT2D eigenvalue weighted by molar-refractivity contribution is 7.18. The minimum Gasteiger partial charge on any atom is -0.497 e. The lowest BCUT2D eigenvalue weighted by molar-refractivity contribution is 0.106. The van der Waals surface area contributed by atoms with Crippen LogP contribution in [0.2, 0.25) is 0 Å². The van der Waals surface area contributed by atoms with E-state index in [1.807, 2.05) is 0 Å². The van der Waals surface area contributed by atoms with Crippen LogP contribution in [0.4, 0.5) is 4.39 Å². The third kappa shape index (κ3) is 3.52. The van der Waals surface area contributed by atoms with Gasteiger partial charge in [-0.05, 0) is 108 Å². The van der Waals surface area contributed by atoms with Gasteiger partial charge in [0.05, 0.1) is 18.8 Å². The molecule has 0 unspecified atom stereocenters. The first kappa shape index (κ1) is 23.2. The molecule has 7 rings (SSSR count). The Morgan fingerprint density at radius 3 is 2.84 bits per heavy atom. The van der Waals surface area contributed by atoms with Crippen molar-refractivity contribution >= 4 is 21.6 Å². The number of fused-ring (bicyclic) bond motifs is 9. The number of aromatic nitrogens is 2. The molecule has 0 amide bonds. The van der Waals surface area contributed by atoms with E-state index in [1.54, 1.807) is 41.5 Å². The quantitative estimate of drug-likeness (QED) is 0.316. The van der Waals surface area contributed by atoms with Gasteiger partial charge in [0.25, 0.3) is 5.56 Å². The molecule has 2 heterocycles. The summed E-state index contributed by atoms with van der Waals surface area (Å²) in [7, 11) is 1.74. The molecule has 37 heavy (non-hydrogen) atoms. The number of ether oxygens (including phenoxy) is 1. The maximum atomic E-state index is 13.8. The molecule has 4 aromatic rings. The molecule has 190 valence electrons. The molecule has 0 aliphatic heterocycles. The number of halogens is 1. The number of nitrogens with zero attached hydrogens (tertiary/aromatic N) is 2. The fourth-order valence-corrected chi connectivity index (χ4v) is 9.10. The van der Waals surface area contributed by atoms with E-state index in [1.165, 1.54) is 40.1 Å². The first-order valence-electron chi connectivity index (χ1n) is 13.4. The lowest BCUT2D eigenvalue weighted by atomic mass is 9.55. The fraction of sp³-hybridized carbons (Fsp3) is 0.419. The van der Waals surface area contributed by atoms with Gasteiger partial charge in [-0.2, -0.15) is 0 Å². The van der Waals surface area contributed by atoms with Crippen molar-refractivity contribution in [2.45, 2.75) is 63.3 Å². The van der Waals surface area contributed by atoms with Crippen LogP contribution in [0.1, 0.15) is 59.2 Å². The zero-order valence-electron chi connectivity index (χ0n) is 21.3. The van der Waals surface area contributed by atoms with Crippen molar-refractivity contribution in [3.63, 3.8) is 0 Å². The minimum absolute atomic E-state index is 0.0235. The van der Waals surface area contributed by atoms with Crippen LogP contribution in [0.25, 0.3) is 10.2 Å². The molecule has 3 aliphatic rings. The van der Waals surface area contributed by atoms with Gasteiger partial charge in [0, 0.05) is 11.4 Å². The van der Waals surface area contributed by atoms with Crippen LogP contribution in [-0.2, 0) is 31.2 Å². The van der Waals surface area contributed by atoms with Gasteiger partial charge in [-0.1, -0.05) is 25.1 Å². The highest BCUT2D eigenvalue weighted by Gasteiger charge is 2.54. The molecule has 0 saturated heterocycles. The fourth-order valence-electron chi connectivity index (χ4n) is 7.77. The van der Waals surface area contributed by atoms with Gasteiger partial charge in [0.2, 0.25) is 0 Å². The van der Waals surface area contributed by atoms with E-state index in [0.29, 0.717) is 30.7 Å². The first-order chi connectivity index (χ1) is 18.0. The lowest BCUT2D eigenvalue weighted by Gasteiger charge is -2.49. The second kappa shape index (κ2) is 8.52. The first-order valence-corrected chi connectivity index (χ1v) is 14.2. The molecule has 0 N–H and O–H groups in total. The molecule has 6 heteroatoms. The molecule has 0 bridgehead atoms. The van der Waals surface area contributed by atoms with Crippen LogP contribution in [0, 0.1) is 17.7 Å². The topological polar surface area (TPSA) is 44.1 Å². The zero-order chi connectivity index (χ0) is 25.3. The lowest BCUT2D eigenvalue weighted by Crippen LogP contribution is -2.43. The van der Waals surface area contributed by atoms with Crippen molar-refractivity contribution in [1.82, 2.24) is 9.55 Å². The third-order valence-corrected chi connectivity index (χ3v) is 10.7. The number of thiophene rings is 1. The van der Waals surface area contributed by atoms with Crippen LogP contribution in [0.3, 0.4) is 0 Å². The number of hydrogen-bond donors (Lipinski definition) is 0. The van der Waals surface area contributed by atoms with Gasteiger partial charge in [-0.3, -0.25) is 9.36 Å². The summed E-state index contributed by atoms with van der Waals surface area (Å²) in [6, 6.07) is 13.2. The molecule has 3 aliphatic carbocycles. The van der Waals surface area contributed by atoms with Crippen molar-refractivity contribution in [1.29, 1.82) is 0 Å². The van der Waals surface area contributed by atoms with Crippen molar-refractivity contribution in [3.05, 3.63) is 92.1 Å². The van der Waals surface area contributed by atoms with E-state index < -0.39 is 0 Å². The minimum atomic E-state index is -0.239. The predicted molar refractivity (Wildman–Crippen MR) is 145 cm³/mol. The predicted octanol–water partition coefficient (Wildman–Crippen LogP) is 6.42. The summed E-state index contributed by atoms with van der Waals surface area (Å²) in [6.45, 7) is 2.97. The highest BCUT2D eigenvalue weighted by atomic mass is 32.1. The van der Waals surface area contributed by atoms with Gasteiger partial charge in [0.15, 0.2) is 0 Å². The van der Waals surface area contributed by atoms with Gasteiger partial charge in [-0.15, -0.1) is 11.3 Å². The van der Waals surface area contributed by atoms with E-state index in [4.69, 9.17) is 9.72 Å². The maximum Gasteiger partial charge on any atom is 0.262 e. The van der Waals surface area contributed by atoms with Crippen molar-refractivity contribution < 1.29 is 9.13 Å². The number of rotatable bonds is 4. The molecule has 4 nitrogen and oxygen atoms in total. The number of methoxy groups -OCH3 is 1. The summed E-state index contributed by atoms with van der Waals surface area (Å²) < 4.78 is 20.5. The standard InChI is InChI=1S/C31H31FN2O2S/c1-31-13-11-23-22-10-8-21(36-2)15-19(22)5-9-24(23)25(31)16-26-28(31)27-29(37-26)33-17-34(30(27)35)14-12-18-3-6-20(32)7-4-18/h3-4,6-8,10,15,17,23-25H,5,9,11-14,16H2,1-2H3/t23-,24-,25-,31-/m1/s1.